The summed E-state index contributed by atoms with van der Waals surface area (Å²) in [6.45, 7) is 0.895. The highest BCUT2D eigenvalue weighted by molar-refractivity contribution is 7.12. The molecule has 2 N–H and O–H groups in total. The fourth-order valence-corrected chi connectivity index (χ4v) is 3.24. The summed E-state index contributed by atoms with van der Waals surface area (Å²) in [4.78, 5) is 16.5. The van der Waals surface area contributed by atoms with Crippen molar-refractivity contribution in [1.82, 2.24) is 25.4 Å². The monoisotopic (exact) mass is 387 g/mol. The van der Waals surface area contributed by atoms with Crippen LogP contribution < -0.4 is 20.1 Å². The zero-order valence-electron chi connectivity index (χ0n) is 15.1. The van der Waals surface area contributed by atoms with Gasteiger partial charge in [0.15, 0.2) is 11.5 Å². The largest absolute Gasteiger partial charge is 0.493 e. The molecule has 0 radical (unpaired) electrons. The first-order chi connectivity index (χ1) is 13.2. The molecule has 27 heavy (non-hydrogen) atoms. The van der Waals surface area contributed by atoms with Crippen LogP contribution in [0.15, 0.2) is 42.0 Å². The third kappa shape index (κ3) is 4.98. The third-order valence-electron chi connectivity index (χ3n) is 3.81. The van der Waals surface area contributed by atoms with Crippen molar-refractivity contribution in [3.8, 4) is 16.6 Å². The zero-order valence-corrected chi connectivity index (χ0v) is 16.0. The van der Waals surface area contributed by atoms with Crippen molar-refractivity contribution >= 4 is 17.4 Å². The minimum absolute atomic E-state index is 0.229. The number of methoxy groups -OCH3 is 2. The van der Waals surface area contributed by atoms with E-state index in [1.807, 2.05) is 35.8 Å². The Morgan fingerprint density at radius 1 is 1.22 bits per heavy atom. The van der Waals surface area contributed by atoms with Gasteiger partial charge in [0, 0.05) is 37.3 Å². The molecule has 0 unspecified atom stereocenters. The molecule has 142 valence electrons. The van der Waals surface area contributed by atoms with Crippen LogP contribution in [0.2, 0.25) is 0 Å². The number of benzene rings is 1. The summed E-state index contributed by atoms with van der Waals surface area (Å²) in [6, 6.07) is 7.16. The van der Waals surface area contributed by atoms with Gasteiger partial charge in [0.1, 0.15) is 0 Å². The standard InChI is InChI=1S/C18H21N5O3S/c1-25-15-5-4-13(10-16(15)26-2)11-20-17(24)19-8-6-14-12-27-18(22-14)23-9-3-7-21-23/h3-5,7,9-10,12H,6,8,11H2,1-2H3,(H2,19,20,24). The molecule has 3 aromatic rings. The summed E-state index contributed by atoms with van der Waals surface area (Å²) >= 11 is 1.52. The van der Waals surface area contributed by atoms with Crippen LogP contribution in [0, 0.1) is 0 Å². The first-order valence-electron chi connectivity index (χ1n) is 8.36. The molecular formula is C18H21N5O3S. The number of carbonyl (C=O) groups excluding carboxylic acids is 1. The second-order valence-electron chi connectivity index (χ2n) is 5.62. The number of hydrogen-bond donors (Lipinski definition) is 2. The van der Waals surface area contributed by atoms with E-state index in [2.05, 4.69) is 20.7 Å². The van der Waals surface area contributed by atoms with Crippen LogP contribution in [-0.4, -0.2) is 41.6 Å². The number of thiazole rings is 1. The fraction of sp³-hybridized carbons (Fsp3) is 0.278. The number of urea groups is 1. The lowest BCUT2D eigenvalue weighted by Gasteiger charge is -2.11. The van der Waals surface area contributed by atoms with Crippen molar-refractivity contribution in [3.63, 3.8) is 0 Å². The SMILES string of the molecule is COc1ccc(CNC(=O)NCCc2csc(-n3cccn3)n2)cc1OC. The van der Waals surface area contributed by atoms with Crippen LogP contribution in [-0.2, 0) is 13.0 Å². The first kappa shape index (κ1) is 18.7. The Labute approximate surface area is 161 Å². The number of nitrogens with zero attached hydrogens (tertiary/aromatic N) is 3. The summed E-state index contributed by atoms with van der Waals surface area (Å²) in [7, 11) is 3.17. The number of rotatable bonds is 8. The average Bonchev–Trinajstić information content (AvgIpc) is 3.37. The molecule has 9 heteroatoms. The maximum Gasteiger partial charge on any atom is 0.315 e. The Kier molecular flexibility index (Phi) is 6.26. The van der Waals surface area contributed by atoms with Crippen molar-refractivity contribution in [2.75, 3.05) is 20.8 Å². The lowest BCUT2D eigenvalue weighted by molar-refractivity contribution is 0.240. The van der Waals surface area contributed by atoms with Gasteiger partial charge in [-0.2, -0.15) is 5.10 Å². The number of aromatic nitrogens is 3. The van der Waals surface area contributed by atoms with Crippen molar-refractivity contribution in [2.45, 2.75) is 13.0 Å². The Morgan fingerprint density at radius 2 is 2.07 bits per heavy atom. The molecule has 0 bridgehead atoms. The third-order valence-corrected chi connectivity index (χ3v) is 4.69. The molecule has 1 aromatic carbocycles. The molecule has 2 aromatic heterocycles. The Hall–Kier alpha value is -3.07. The predicted molar refractivity (Wildman–Crippen MR) is 103 cm³/mol. The van der Waals surface area contributed by atoms with Crippen molar-refractivity contribution in [2.24, 2.45) is 0 Å². The number of carbonyl (C=O) groups is 1. The van der Waals surface area contributed by atoms with Gasteiger partial charge in [-0.25, -0.2) is 14.5 Å². The Bertz CT molecular complexity index is 879. The van der Waals surface area contributed by atoms with Crippen LogP contribution in [0.5, 0.6) is 11.5 Å². The van der Waals surface area contributed by atoms with E-state index in [-0.39, 0.29) is 6.03 Å². The van der Waals surface area contributed by atoms with E-state index in [0.717, 1.165) is 16.4 Å². The van der Waals surface area contributed by atoms with E-state index in [0.29, 0.717) is 31.0 Å². The first-order valence-corrected chi connectivity index (χ1v) is 9.24. The Balaban J connectivity index is 1.42. The van der Waals surface area contributed by atoms with Crippen LogP contribution in [0.1, 0.15) is 11.3 Å². The molecule has 8 nitrogen and oxygen atoms in total. The fourth-order valence-electron chi connectivity index (χ4n) is 2.44. The normalized spacial score (nSPS) is 10.4. The highest BCUT2D eigenvalue weighted by Crippen LogP contribution is 2.27. The molecule has 0 aliphatic carbocycles. The van der Waals surface area contributed by atoms with Crippen molar-refractivity contribution < 1.29 is 14.3 Å². The summed E-state index contributed by atoms with van der Waals surface area (Å²) in [5, 5.41) is 12.6. The summed E-state index contributed by atoms with van der Waals surface area (Å²) in [5.41, 5.74) is 1.84. The minimum atomic E-state index is -0.229. The topological polar surface area (TPSA) is 90.3 Å². The van der Waals surface area contributed by atoms with Gasteiger partial charge in [-0.3, -0.25) is 0 Å². The second kappa shape index (κ2) is 9.04. The van der Waals surface area contributed by atoms with E-state index >= 15 is 0 Å². The number of ether oxygens (including phenoxy) is 2. The smallest absolute Gasteiger partial charge is 0.315 e. The molecule has 0 fully saturated rings. The van der Waals surface area contributed by atoms with E-state index in [4.69, 9.17) is 9.47 Å². The molecule has 0 aliphatic rings. The lowest BCUT2D eigenvalue weighted by Crippen LogP contribution is -2.36. The maximum atomic E-state index is 12.0. The van der Waals surface area contributed by atoms with Gasteiger partial charge in [-0.05, 0) is 23.8 Å². The average molecular weight is 387 g/mol. The Morgan fingerprint density at radius 3 is 2.81 bits per heavy atom. The second-order valence-corrected chi connectivity index (χ2v) is 6.46. The molecule has 0 atom stereocenters. The van der Waals surface area contributed by atoms with Gasteiger partial charge in [-0.15, -0.1) is 11.3 Å². The van der Waals surface area contributed by atoms with Crippen LogP contribution >= 0.6 is 11.3 Å². The molecule has 2 amide bonds. The zero-order chi connectivity index (χ0) is 19.1. The van der Waals surface area contributed by atoms with Crippen LogP contribution in [0.25, 0.3) is 5.13 Å². The van der Waals surface area contributed by atoms with Gasteiger partial charge >= 0.3 is 6.03 Å². The number of hydrogen-bond acceptors (Lipinski definition) is 6. The van der Waals surface area contributed by atoms with E-state index in [1.54, 1.807) is 25.1 Å². The van der Waals surface area contributed by atoms with Crippen molar-refractivity contribution in [1.29, 1.82) is 0 Å². The van der Waals surface area contributed by atoms with Crippen molar-refractivity contribution in [3.05, 3.63) is 53.3 Å². The molecule has 0 aliphatic heterocycles. The molecular weight excluding hydrogens is 366 g/mol. The maximum absolute atomic E-state index is 12.0. The summed E-state index contributed by atoms with van der Waals surface area (Å²) in [6.07, 6.45) is 4.22. The summed E-state index contributed by atoms with van der Waals surface area (Å²) < 4.78 is 12.2. The summed E-state index contributed by atoms with van der Waals surface area (Å²) in [5.74, 6) is 1.29. The van der Waals surface area contributed by atoms with Gasteiger partial charge in [0.2, 0.25) is 5.13 Å². The molecule has 2 heterocycles. The van der Waals surface area contributed by atoms with E-state index in [1.165, 1.54) is 11.3 Å². The minimum Gasteiger partial charge on any atom is -0.493 e. The molecule has 3 rings (SSSR count). The number of nitrogens with one attached hydrogen (secondary N) is 2. The molecule has 0 saturated heterocycles. The lowest BCUT2D eigenvalue weighted by atomic mass is 10.2. The highest BCUT2D eigenvalue weighted by Gasteiger charge is 2.07. The van der Waals surface area contributed by atoms with Gasteiger partial charge < -0.3 is 20.1 Å². The quantitative estimate of drug-likeness (QED) is 0.619. The number of amides is 2. The van der Waals surface area contributed by atoms with Gasteiger partial charge in [0.05, 0.1) is 19.9 Å². The highest BCUT2D eigenvalue weighted by atomic mass is 32.1. The van der Waals surface area contributed by atoms with Gasteiger partial charge in [-0.1, -0.05) is 6.07 Å². The van der Waals surface area contributed by atoms with Crippen LogP contribution in [0.3, 0.4) is 0 Å². The van der Waals surface area contributed by atoms with E-state index in [9.17, 15) is 4.79 Å². The van der Waals surface area contributed by atoms with Crippen LogP contribution in [0.4, 0.5) is 4.79 Å². The van der Waals surface area contributed by atoms with E-state index < -0.39 is 0 Å². The predicted octanol–water partition coefficient (Wildman–Crippen LogP) is 2.39. The van der Waals surface area contributed by atoms with Gasteiger partial charge in [0.25, 0.3) is 0 Å². The molecule has 0 spiro atoms. The molecule has 0 saturated carbocycles.